The standard InChI is InChI=1S/C11H12N4O2S/c1-7-5-14-11(18-7)6-13-10-3-2-8(15(16)17)4-9(10)12/h2-5,13H,6,12H2,1H3. The monoisotopic (exact) mass is 264 g/mol. The zero-order valence-electron chi connectivity index (χ0n) is 9.71. The molecule has 0 unspecified atom stereocenters. The van der Waals surface area contributed by atoms with Gasteiger partial charge in [-0.3, -0.25) is 10.1 Å². The molecule has 7 heteroatoms. The first-order valence-corrected chi connectivity index (χ1v) is 6.07. The van der Waals surface area contributed by atoms with Crippen LogP contribution in [0.3, 0.4) is 0 Å². The second-order valence-corrected chi connectivity index (χ2v) is 5.07. The van der Waals surface area contributed by atoms with Crippen molar-refractivity contribution in [3.8, 4) is 0 Å². The lowest BCUT2D eigenvalue weighted by Crippen LogP contribution is -2.02. The maximum absolute atomic E-state index is 10.6. The van der Waals surface area contributed by atoms with Crippen LogP contribution in [-0.2, 0) is 6.54 Å². The Morgan fingerprint density at radius 1 is 1.56 bits per heavy atom. The molecule has 1 heterocycles. The van der Waals surface area contributed by atoms with Gasteiger partial charge in [0.2, 0.25) is 0 Å². The van der Waals surface area contributed by atoms with Gasteiger partial charge in [0.05, 0.1) is 22.8 Å². The highest BCUT2D eigenvalue weighted by atomic mass is 32.1. The van der Waals surface area contributed by atoms with E-state index in [1.807, 2.05) is 6.92 Å². The molecule has 1 aromatic carbocycles. The molecule has 1 aromatic heterocycles. The third-order valence-electron chi connectivity index (χ3n) is 2.35. The van der Waals surface area contributed by atoms with E-state index in [1.54, 1.807) is 23.6 Å². The zero-order chi connectivity index (χ0) is 13.1. The lowest BCUT2D eigenvalue weighted by molar-refractivity contribution is -0.384. The lowest BCUT2D eigenvalue weighted by Gasteiger charge is -2.07. The molecule has 94 valence electrons. The van der Waals surface area contributed by atoms with E-state index in [1.165, 1.54) is 12.1 Å². The fourth-order valence-electron chi connectivity index (χ4n) is 1.48. The highest BCUT2D eigenvalue weighted by molar-refractivity contribution is 7.11. The number of anilines is 2. The first kappa shape index (κ1) is 12.3. The lowest BCUT2D eigenvalue weighted by atomic mass is 10.2. The average molecular weight is 264 g/mol. The van der Waals surface area contributed by atoms with E-state index in [2.05, 4.69) is 10.3 Å². The van der Waals surface area contributed by atoms with Crippen LogP contribution in [0.5, 0.6) is 0 Å². The predicted molar refractivity (Wildman–Crippen MR) is 71.7 cm³/mol. The van der Waals surface area contributed by atoms with Crippen molar-refractivity contribution in [2.75, 3.05) is 11.1 Å². The van der Waals surface area contributed by atoms with Crippen LogP contribution in [0.25, 0.3) is 0 Å². The molecule has 0 atom stereocenters. The van der Waals surface area contributed by atoms with Crippen LogP contribution in [0.1, 0.15) is 9.88 Å². The van der Waals surface area contributed by atoms with Crippen LogP contribution in [0.2, 0.25) is 0 Å². The van der Waals surface area contributed by atoms with Crippen molar-refractivity contribution >= 4 is 28.4 Å². The van der Waals surface area contributed by atoms with Gasteiger partial charge < -0.3 is 11.1 Å². The second kappa shape index (κ2) is 5.01. The van der Waals surface area contributed by atoms with E-state index in [0.717, 1.165) is 9.88 Å². The Bertz CT molecular complexity index is 582. The summed E-state index contributed by atoms with van der Waals surface area (Å²) < 4.78 is 0. The molecule has 0 saturated carbocycles. The number of nitrogen functional groups attached to an aromatic ring is 1. The van der Waals surface area contributed by atoms with Crippen molar-refractivity contribution in [1.82, 2.24) is 4.98 Å². The Kier molecular flexibility index (Phi) is 3.42. The molecule has 2 aromatic rings. The summed E-state index contributed by atoms with van der Waals surface area (Å²) in [6.07, 6.45) is 1.81. The van der Waals surface area contributed by atoms with Crippen LogP contribution >= 0.6 is 11.3 Å². The van der Waals surface area contributed by atoms with Crippen molar-refractivity contribution < 1.29 is 4.92 Å². The Morgan fingerprint density at radius 3 is 2.89 bits per heavy atom. The van der Waals surface area contributed by atoms with Gasteiger partial charge in [0, 0.05) is 23.2 Å². The number of nitrogens with one attached hydrogen (secondary N) is 1. The Hall–Kier alpha value is -2.15. The molecule has 0 spiro atoms. The van der Waals surface area contributed by atoms with Gasteiger partial charge in [-0.1, -0.05) is 0 Å². The quantitative estimate of drug-likeness (QED) is 0.502. The van der Waals surface area contributed by atoms with Crippen LogP contribution in [-0.4, -0.2) is 9.91 Å². The summed E-state index contributed by atoms with van der Waals surface area (Å²) in [5.74, 6) is 0. The van der Waals surface area contributed by atoms with Crippen LogP contribution in [0, 0.1) is 17.0 Å². The van der Waals surface area contributed by atoms with E-state index in [9.17, 15) is 10.1 Å². The maximum atomic E-state index is 10.6. The molecular weight excluding hydrogens is 252 g/mol. The molecule has 0 aliphatic carbocycles. The van der Waals surface area contributed by atoms with Gasteiger partial charge in [-0.2, -0.15) is 0 Å². The van der Waals surface area contributed by atoms with Crippen LogP contribution in [0.4, 0.5) is 17.1 Å². The molecule has 18 heavy (non-hydrogen) atoms. The molecule has 0 amide bonds. The summed E-state index contributed by atoms with van der Waals surface area (Å²) in [6, 6.07) is 4.37. The van der Waals surface area contributed by atoms with E-state index >= 15 is 0 Å². The summed E-state index contributed by atoms with van der Waals surface area (Å²) in [5.41, 5.74) is 6.77. The normalized spacial score (nSPS) is 10.3. The molecule has 0 saturated heterocycles. The van der Waals surface area contributed by atoms with Gasteiger partial charge in [0.15, 0.2) is 0 Å². The molecule has 2 rings (SSSR count). The number of aromatic nitrogens is 1. The fraction of sp³-hybridized carbons (Fsp3) is 0.182. The average Bonchev–Trinajstić information content (AvgIpc) is 2.73. The summed E-state index contributed by atoms with van der Waals surface area (Å²) >= 11 is 1.60. The van der Waals surface area contributed by atoms with Gasteiger partial charge in [-0.05, 0) is 13.0 Å². The van der Waals surface area contributed by atoms with Crippen LogP contribution < -0.4 is 11.1 Å². The van der Waals surface area contributed by atoms with Crippen molar-refractivity contribution in [3.63, 3.8) is 0 Å². The molecule has 6 nitrogen and oxygen atoms in total. The molecule has 0 radical (unpaired) electrons. The Labute approximate surface area is 108 Å². The second-order valence-electron chi connectivity index (χ2n) is 3.75. The van der Waals surface area contributed by atoms with Gasteiger partial charge in [-0.25, -0.2) is 4.98 Å². The van der Waals surface area contributed by atoms with Crippen molar-refractivity contribution in [1.29, 1.82) is 0 Å². The number of non-ortho nitro benzene ring substituents is 1. The number of nitrogens with two attached hydrogens (primary N) is 1. The zero-order valence-corrected chi connectivity index (χ0v) is 10.5. The van der Waals surface area contributed by atoms with Crippen molar-refractivity contribution in [3.05, 3.63) is 44.4 Å². The third-order valence-corrected chi connectivity index (χ3v) is 3.26. The number of benzene rings is 1. The summed E-state index contributed by atoms with van der Waals surface area (Å²) in [4.78, 5) is 15.5. The number of aryl methyl sites for hydroxylation is 1. The van der Waals surface area contributed by atoms with Gasteiger partial charge in [0.25, 0.3) is 5.69 Å². The minimum Gasteiger partial charge on any atom is -0.397 e. The smallest absolute Gasteiger partial charge is 0.271 e. The number of rotatable bonds is 4. The van der Waals surface area contributed by atoms with Gasteiger partial charge in [0.1, 0.15) is 5.01 Å². The molecule has 0 bridgehead atoms. The number of nitrogens with zero attached hydrogens (tertiary/aromatic N) is 2. The highest BCUT2D eigenvalue weighted by Crippen LogP contribution is 2.25. The van der Waals surface area contributed by atoms with Crippen molar-refractivity contribution in [2.45, 2.75) is 13.5 Å². The van der Waals surface area contributed by atoms with Gasteiger partial charge >= 0.3 is 0 Å². The van der Waals surface area contributed by atoms with Gasteiger partial charge in [-0.15, -0.1) is 11.3 Å². The first-order chi connectivity index (χ1) is 8.56. The molecule has 3 N–H and O–H groups in total. The van der Waals surface area contributed by atoms with E-state index in [-0.39, 0.29) is 5.69 Å². The Balaban J connectivity index is 2.08. The van der Waals surface area contributed by atoms with E-state index in [0.29, 0.717) is 17.9 Å². The Morgan fingerprint density at radius 2 is 2.33 bits per heavy atom. The molecular formula is C11H12N4O2S. The number of hydrogen-bond acceptors (Lipinski definition) is 6. The number of thiazole rings is 1. The summed E-state index contributed by atoms with van der Waals surface area (Å²) in [6.45, 7) is 2.54. The minimum atomic E-state index is -0.468. The van der Waals surface area contributed by atoms with Crippen LogP contribution in [0.15, 0.2) is 24.4 Å². The largest absolute Gasteiger partial charge is 0.397 e. The molecule has 0 aliphatic heterocycles. The predicted octanol–water partition coefficient (Wildman–Crippen LogP) is 2.55. The minimum absolute atomic E-state index is 0.0110. The van der Waals surface area contributed by atoms with Crippen molar-refractivity contribution in [2.24, 2.45) is 0 Å². The van der Waals surface area contributed by atoms with E-state index in [4.69, 9.17) is 5.73 Å². The van der Waals surface area contributed by atoms with E-state index < -0.39 is 4.92 Å². The number of hydrogen-bond donors (Lipinski definition) is 2. The number of nitro groups is 1. The SMILES string of the molecule is Cc1cnc(CNc2ccc([N+](=O)[O-])cc2N)s1. The summed E-state index contributed by atoms with van der Waals surface area (Å²) in [7, 11) is 0. The maximum Gasteiger partial charge on any atom is 0.271 e. The summed E-state index contributed by atoms with van der Waals surface area (Å²) in [5, 5.41) is 14.6. The fourth-order valence-corrected chi connectivity index (χ4v) is 2.21. The molecule has 0 aliphatic rings. The highest BCUT2D eigenvalue weighted by Gasteiger charge is 2.08. The molecule has 0 fully saturated rings. The first-order valence-electron chi connectivity index (χ1n) is 5.25. The number of nitro benzene ring substituents is 1. The topological polar surface area (TPSA) is 94.1 Å². The third kappa shape index (κ3) is 2.75.